The summed E-state index contributed by atoms with van der Waals surface area (Å²) in [5.41, 5.74) is 1.58. The maximum absolute atomic E-state index is 12.0. The second-order valence-electron chi connectivity index (χ2n) is 5.18. The van der Waals surface area contributed by atoms with E-state index in [2.05, 4.69) is 26.8 Å². The van der Waals surface area contributed by atoms with Crippen LogP contribution in [0.1, 0.15) is 21.9 Å². The molecule has 23 heavy (non-hydrogen) atoms. The van der Waals surface area contributed by atoms with Crippen LogP contribution >= 0.6 is 0 Å². The van der Waals surface area contributed by atoms with Gasteiger partial charge in [0.1, 0.15) is 17.3 Å². The molecule has 120 valence electrons. The molecule has 2 aromatic rings. The smallest absolute Gasteiger partial charge is 0.270 e. The molecule has 2 aromatic heterocycles. The standard InChI is InChI=1S/C17H21N5O/c1-4-8-19-17(23)15-12-16(21-13(2)20-15)22(3)11-7-14-5-9-18-10-6-14/h4-6,9-10,12H,1,7-8,11H2,2-3H3,(H,19,23). The first kappa shape index (κ1) is 16.6. The van der Waals surface area contributed by atoms with E-state index in [0.717, 1.165) is 18.8 Å². The number of pyridine rings is 1. The van der Waals surface area contributed by atoms with Gasteiger partial charge in [0.2, 0.25) is 0 Å². The summed E-state index contributed by atoms with van der Waals surface area (Å²) >= 11 is 0. The number of carbonyl (C=O) groups is 1. The topological polar surface area (TPSA) is 71.0 Å². The fourth-order valence-corrected chi connectivity index (χ4v) is 2.08. The number of nitrogens with zero attached hydrogens (tertiary/aromatic N) is 4. The van der Waals surface area contributed by atoms with Gasteiger partial charge >= 0.3 is 0 Å². The molecule has 0 saturated carbocycles. The van der Waals surface area contributed by atoms with Gasteiger partial charge in [-0.1, -0.05) is 6.08 Å². The lowest BCUT2D eigenvalue weighted by Gasteiger charge is -2.19. The van der Waals surface area contributed by atoms with Gasteiger partial charge in [-0.15, -0.1) is 6.58 Å². The van der Waals surface area contributed by atoms with Crippen molar-refractivity contribution >= 4 is 11.7 Å². The zero-order valence-electron chi connectivity index (χ0n) is 13.5. The third kappa shape index (κ3) is 4.88. The minimum absolute atomic E-state index is 0.223. The minimum atomic E-state index is -0.223. The summed E-state index contributed by atoms with van der Waals surface area (Å²) in [6.45, 7) is 6.56. The lowest BCUT2D eigenvalue weighted by atomic mass is 10.2. The van der Waals surface area contributed by atoms with Crippen molar-refractivity contribution in [1.29, 1.82) is 0 Å². The first-order chi connectivity index (χ1) is 11.1. The average Bonchev–Trinajstić information content (AvgIpc) is 2.57. The molecular formula is C17H21N5O. The fraction of sp³-hybridized carbons (Fsp3) is 0.294. The maximum Gasteiger partial charge on any atom is 0.270 e. The molecule has 6 heteroatoms. The van der Waals surface area contributed by atoms with Gasteiger partial charge in [0.15, 0.2) is 0 Å². The van der Waals surface area contributed by atoms with Crippen LogP contribution in [0.15, 0.2) is 43.2 Å². The summed E-state index contributed by atoms with van der Waals surface area (Å²) in [6.07, 6.45) is 6.08. The van der Waals surface area contributed by atoms with Crippen molar-refractivity contribution in [1.82, 2.24) is 20.3 Å². The molecular weight excluding hydrogens is 290 g/mol. The highest BCUT2D eigenvalue weighted by molar-refractivity contribution is 5.93. The molecule has 1 amide bonds. The number of carbonyl (C=O) groups excluding carboxylic acids is 1. The zero-order chi connectivity index (χ0) is 16.7. The summed E-state index contributed by atoms with van der Waals surface area (Å²) < 4.78 is 0. The molecule has 0 aliphatic heterocycles. The van der Waals surface area contributed by atoms with Crippen LogP contribution in [0, 0.1) is 6.92 Å². The van der Waals surface area contributed by atoms with Crippen LogP contribution in [0.4, 0.5) is 5.82 Å². The molecule has 0 spiro atoms. The van der Waals surface area contributed by atoms with Crippen molar-refractivity contribution in [2.75, 3.05) is 25.0 Å². The number of nitrogens with one attached hydrogen (secondary N) is 1. The van der Waals surface area contributed by atoms with Gasteiger partial charge in [0.25, 0.3) is 5.91 Å². The van der Waals surface area contributed by atoms with Crippen LogP contribution in [-0.2, 0) is 6.42 Å². The Kier molecular flexibility index (Phi) is 5.80. The van der Waals surface area contributed by atoms with E-state index in [1.807, 2.05) is 24.1 Å². The lowest BCUT2D eigenvalue weighted by Crippen LogP contribution is -2.27. The predicted molar refractivity (Wildman–Crippen MR) is 90.5 cm³/mol. The molecule has 0 radical (unpaired) electrons. The van der Waals surface area contributed by atoms with Gasteiger partial charge in [-0.05, 0) is 31.0 Å². The Hall–Kier alpha value is -2.76. The summed E-state index contributed by atoms with van der Waals surface area (Å²) in [6, 6.07) is 5.69. The van der Waals surface area contributed by atoms with E-state index in [4.69, 9.17) is 0 Å². The van der Waals surface area contributed by atoms with Crippen LogP contribution in [0.3, 0.4) is 0 Å². The van der Waals surface area contributed by atoms with E-state index < -0.39 is 0 Å². The number of aryl methyl sites for hydroxylation is 1. The van der Waals surface area contributed by atoms with Crippen molar-refractivity contribution < 1.29 is 4.79 Å². The second-order valence-corrected chi connectivity index (χ2v) is 5.18. The Balaban J connectivity index is 2.07. The van der Waals surface area contributed by atoms with Crippen LogP contribution in [0.2, 0.25) is 0 Å². The third-order valence-electron chi connectivity index (χ3n) is 3.34. The highest BCUT2D eigenvalue weighted by Crippen LogP contribution is 2.12. The van der Waals surface area contributed by atoms with Crippen molar-refractivity contribution in [2.24, 2.45) is 0 Å². The number of amides is 1. The van der Waals surface area contributed by atoms with Crippen LogP contribution in [-0.4, -0.2) is 41.0 Å². The molecule has 2 rings (SSSR count). The lowest BCUT2D eigenvalue weighted by molar-refractivity contribution is 0.0952. The summed E-state index contributed by atoms with van der Waals surface area (Å²) in [4.78, 5) is 26.7. The summed E-state index contributed by atoms with van der Waals surface area (Å²) in [5.74, 6) is 1.08. The monoisotopic (exact) mass is 311 g/mol. The highest BCUT2D eigenvalue weighted by Gasteiger charge is 2.12. The molecule has 0 atom stereocenters. The van der Waals surface area contributed by atoms with Gasteiger partial charge in [-0.3, -0.25) is 9.78 Å². The molecule has 0 aromatic carbocycles. The molecule has 0 aliphatic rings. The van der Waals surface area contributed by atoms with Gasteiger partial charge in [0, 0.05) is 38.6 Å². The number of hydrogen-bond acceptors (Lipinski definition) is 5. The minimum Gasteiger partial charge on any atom is -0.359 e. The quantitative estimate of drug-likeness (QED) is 0.789. The van der Waals surface area contributed by atoms with E-state index in [0.29, 0.717) is 18.1 Å². The third-order valence-corrected chi connectivity index (χ3v) is 3.34. The maximum atomic E-state index is 12.0. The molecule has 0 fully saturated rings. The Bertz CT molecular complexity index is 672. The predicted octanol–water partition coefficient (Wildman–Crippen LogP) is 1.77. The molecule has 6 nitrogen and oxygen atoms in total. The molecule has 2 heterocycles. The fourth-order valence-electron chi connectivity index (χ4n) is 2.08. The van der Waals surface area contributed by atoms with E-state index in [1.54, 1.807) is 31.5 Å². The first-order valence-corrected chi connectivity index (χ1v) is 7.45. The summed E-state index contributed by atoms with van der Waals surface area (Å²) in [5, 5.41) is 2.73. The zero-order valence-corrected chi connectivity index (χ0v) is 13.5. The van der Waals surface area contributed by atoms with Gasteiger partial charge < -0.3 is 10.2 Å². The second kappa shape index (κ2) is 8.03. The van der Waals surface area contributed by atoms with Crippen molar-refractivity contribution in [3.63, 3.8) is 0 Å². The Morgan fingerprint density at radius 1 is 1.35 bits per heavy atom. The van der Waals surface area contributed by atoms with E-state index in [9.17, 15) is 4.79 Å². The molecule has 0 bridgehead atoms. The molecule has 0 unspecified atom stereocenters. The normalized spacial score (nSPS) is 10.2. The van der Waals surface area contributed by atoms with E-state index >= 15 is 0 Å². The number of hydrogen-bond donors (Lipinski definition) is 1. The first-order valence-electron chi connectivity index (χ1n) is 7.45. The largest absolute Gasteiger partial charge is 0.359 e. The van der Waals surface area contributed by atoms with Crippen molar-refractivity contribution in [2.45, 2.75) is 13.3 Å². The van der Waals surface area contributed by atoms with Gasteiger partial charge in [0.05, 0.1) is 0 Å². The Morgan fingerprint density at radius 3 is 2.78 bits per heavy atom. The van der Waals surface area contributed by atoms with E-state index in [1.165, 1.54) is 5.56 Å². The Morgan fingerprint density at radius 2 is 2.09 bits per heavy atom. The SMILES string of the molecule is C=CCNC(=O)c1cc(N(C)CCc2ccncc2)nc(C)n1. The van der Waals surface area contributed by atoms with Crippen LogP contribution in [0.25, 0.3) is 0 Å². The van der Waals surface area contributed by atoms with Crippen LogP contribution < -0.4 is 10.2 Å². The van der Waals surface area contributed by atoms with Gasteiger partial charge in [-0.2, -0.15) is 0 Å². The summed E-state index contributed by atoms with van der Waals surface area (Å²) in [7, 11) is 1.95. The number of likely N-dealkylation sites (N-methyl/N-ethyl adjacent to an activating group) is 1. The average molecular weight is 311 g/mol. The van der Waals surface area contributed by atoms with E-state index in [-0.39, 0.29) is 5.91 Å². The number of anilines is 1. The van der Waals surface area contributed by atoms with Crippen molar-refractivity contribution in [3.8, 4) is 0 Å². The molecule has 0 saturated heterocycles. The van der Waals surface area contributed by atoms with Crippen molar-refractivity contribution in [3.05, 3.63) is 60.3 Å². The number of rotatable bonds is 7. The highest BCUT2D eigenvalue weighted by atomic mass is 16.1. The van der Waals surface area contributed by atoms with Crippen LogP contribution in [0.5, 0.6) is 0 Å². The van der Waals surface area contributed by atoms with Gasteiger partial charge in [-0.25, -0.2) is 9.97 Å². The molecule has 0 aliphatic carbocycles. The molecule has 1 N–H and O–H groups in total. The Labute approximate surface area is 136 Å². The number of aromatic nitrogens is 3.